The molecule has 0 saturated heterocycles. The second-order valence-corrected chi connectivity index (χ2v) is 7.40. The van der Waals surface area contributed by atoms with Crippen molar-refractivity contribution >= 4 is 28.8 Å². The molecule has 0 bridgehead atoms. The molecule has 6 heteroatoms. The fourth-order valence-corrected chi connectivity index (χ4v) is 3.48. The van der Waals surface area contributed by atoms with Crippen molar-refractivity contribution in [3.05, 3.63) is 44.4 Å². The summed E-state index contributed by atoms with van der Waals surface area (Å²) >= 11 is 7.57. The van der Waals surface area contributed by atoms with Gasteiger partial charge in [-0.05, 0) is 51.5 Å². The number of rotatable bonds is 5. The quantitative estimate of drug-likeness (QED) is 0.804. The van der Waals surface area contributed by atoms with Gasteiger partial charge in [-0.25, -0.2) is 4.98 Å². The fourth-order valence-electron chi connectivity index (χ4n) is 2.35. The highest BCUT2D eigenvalue weighted by Crippen LogP contribution is 2.26. The maximum absolute atomic E-state index is 12.4. The Balaban J connectivity index is 2.01. The third-order valence-corrected chi connectivity index (χ3v) is 4.93. The second kappa shape index (κ2) is 7.32. The first-order valence-corrected chi connectivity index (χ1v) is 8.57. The number of aryl methyl sites for hydroxylation is 3. The number of thiazole rings is 1. The van der Waals surface area contributed by atoms with E-state index in [1.54, 1.807) is 35.4 Å². The van der Waals surface area contributed by atoms with Crippen molar-refractivity contribution in [2.45, 2.75) is 33.7 Å². The van der Waals surface area contributed by atoms with Crippen molar-refractivity contribution in [1.29, 1.82) is 0 Å². The number of hydrogen-bond donors (Lipinski definition) is 0. The molecule has 2 aromatic rings. The van der Waals surface area contributed by atoms with Crippen molar-refractivity contribution in [2.75, 3.05) is 13.7 Å². The Labute approximate surface area is 146 Å². The van der Waals surface area contributed by atoms with Gasteiger partial charge in [0.1, 0.15) is 5.75 Å². The van der Waals surface area contributed by atoms with Crippen LogP contribution in [0.15, 0.2) is 18.2 Å². The van der Waals surface area contributed by atoms with Crippen LogP contribution in [0.25, 0.3) is 0 Å². The highest BCUT2D eigenvalue weighted by Gasteiger charge is 2.22. The molecule has 1 aromatic heterocycles. The molecule has 0 saturated carbocycles. The summed E-state index contributed by atoms with van der Waals surface area (Å²) in [5, 5.41) is 1.67. The lowest BCUT2D eigenvalue weighted by Gasteiger charge is -2.24. The van der Waals surface area contributed by atoms with Gasteiger partial charge in [0.15, 0.2) is 6.61 Å². The number of benzene rings is 1. The predicted octanol–water partition coefficient (Wildman–Crippen LogP) is 4.32. The molecule has 0 aliphatic carbocycles. The smallest absolute Gasteiger partial charge is 0.260 e. The van der Waals surface area contributed by atoms with Crippen LogP contribution < -0.4 is 4.74 Å². The zero-order chi connectivity index (χ0) is 17.1. The summed E-state index contributed by atoms with van der Waals surface area (Å²) in [6.07, 6.45) is 0. The highest BCUT2D eigenvalue weighted by atomic mass is 35.5. The van der Waals surface area contributed by atoms with E-state index in [0.717, 1.165) is 21.1 Å². The van der Waals surface area contributed by atoms with Gasteiger partial charge in [-0.15, -0.1) is 11.3 Å². The number of aromatic nitrogens is 1. The van der Waals surface area contributed by atoms with Gasteiger partial charge >= 0.3 is 0 Å². The van der Waals surface area contributed by atoms with Gasteiger partial charge in [-0.3, -0.25) is 4.79 Å². The van der Waals surface area contributed by atoms with Crippen molar-refractivity contribution in [3.8, 4) is 5.75 Å². The first kappa shape index (κ1) is 17.8. The molecule has 0 aliphatic rings. The molecular weight excluding hydrogens is 332 g/mol. The lowest BCUT2D eigenvalue weighted by molar-refractivity contribution is -0.134. The second-order valence-electron chi connectivity index (χ2n) is 5.55. The normalized spacial score (nSPS) is 12.1. The Bertz CT molecular complexity index is 715. The van der Waals surface area contributed by atoms with Crippen molar-refractivity contribution < 1.29 is 9.53 Å². The minimum absolute atomic E-state index is 0.00845. The summed E-state index contributed by atoms with van der Waals surface area (Å²) in [7, 11) is 1.78. The van der Waals surface area contributed by atoms with Crippen LogP contribution in [0.1, 0.15) is 34.1 Å². The Morgan fingerprint density at radius 2 is 2.09 bits per heavy atom. The largest absolute Gasteiger partial charge is 0.483 e. The van der Waals surface area contributed by atoms with E-state index in [9.17, 15) is 4.79 Å². The average Bonchev–Trinajstić information content (AvgIpc) is 2.83. The number of nitrogens with zero attached hydrogens (tertiary/aromatic N) is 2. The van der Waals surface area contributed by atoms with Gasteiger partial charge in [-0.1, -0.05) is 11.6 Å². The third-order valence-electron chi connectivity index (χ3n) is 3.80. The van der Waals surface area contributed by atoms with E-state index in [1.807, 2.05) is 33.8 Å². The molecule has 23 heavy (non-hydrogen) atoms. The van der Waals surface area contributed by atoms with Gasteiger partial charge in [-0.2, -0.15) is 0 Å². The van der Waals surface area contributed by atoms with E-state index in [0.29, 0.717) is 10.8 Å². The number of amides is 1. The van der Waals surface area contributed by atoms with Crippen LogP contribution in [0.5, 0.6) is 5.75 Å². The predicted molar refractivity (Wildman–Crippen MR) is 94.5 cm³/mol. The van der Waals surface area contributed by atoms with Gasteiger partial charge < -0.3 is 9.64 Å². The van der Waals surface area contributed by atoms with Crippen molar-refractivity contribution in [2.24, 2.45) is 0 Å². The minimum atomic E-state index is -0.0862. The Morgan fingerprint density at radius 3 is 2.65 bits per heavy atom. The molecule has 0 N–H and O–H groups in total. The number of carbonyl (C=O) groups excluding carboxylic acids is 1. The molecule has 0 spiro atoms. The van der Waals surface area contributed by atoms with E-state index >= 15 is 0 Å². The molecule has 0 radical (unpaired) electrons. The molecule has 0 fully saturated rings. The van der Waals surface area contributed by atoms with E-state index in [-0.39, 0.29) is 18.6 Å². The molecule has 0 unspecified atom stereocenters. The zero-order valence-electron chi connectivity index (χ0n) is 14.0. The van der Waals surface area contributed by atoms with Crippen LogP contribution in [0.4, 0.5) is 0 Å². The van der Waals surface area contributed by atoms with E-state index in [1.165, 1.54) is 0 Å². The third kappa shape index (κ3) is 4.24. The minimum Gasteiger partial charge on any atom is -0.483 e. The molecule has 1 amide bonds. The van der Waals surface area contributed by atoms with Crippen LogP contribution in [0.2, 0.25) is 5.02 Å². The lowest BCUT2D eigenvalue weighted by atomic mass is 10.2. The number of halogens is 1. The van der Waals surface area contributed by atoms with Gasteiger partial charge in [0.05, 0.1) is 16.7 Å². The Hall–Kier alpha value is -1.59. The van der Waals surface area contributed by atoms with Gasteiger partial charge in [0, 0.05) is 16.9 Å². The molecule has 0 aliphatic heterocycles. The molecule has 4 nitrogen and oxygen atoms in total. The molecule has 124 valence electrons. The SMILES string of the molecule is Cc1nc([C@H](C)N(C)C(=O)COc2ccc(Cl)cc2C)c(C)s1. The first-order chi connectivity index (χ1) is 10.8. The standard InChI is InChI=1S/C17H21ClN2O2S/c1-10-8-14(18)6-7-15(10)22-9-16(21)20(5)11(2)17-12(3)23-13(4)19-17/h6-8,11H,9H2,1-5H3/t11-/m0/s1. The summed E-state index contributed by atoms with van der Waals surface area (Å²) in [6.45, 7) is 7.88. The zero-order valence-corrected chi connectivity index (χ0v) is 15.6. The van der Waals surface area contributed by atoms with Crippen LogP contribution in [-0.2, 0) is 4.79 Å². The number of ether oxygens (including phenoxy) is 1. The molecule has 1 aromatic carbocycles. The maximum Gasteiger partial charge on any atom is 0.260 e. The van der Waals surface area contributed by atoms with E-state index in [4.69, 9.17) is 16.3 Å². The Morgan fingerprint density at radius 1 is 1.39 bits per heavy atom. The Kier molecular flexibility index (Phi) is 5.65. The number of carbonyl (C=O) groups is 1. The summed E-state index contributed by atoms with van der Waals surface area (Å²) in [6, 6.07) is 5.27. The fraction of sp³-hybridized carbons (Fsp3) is 0.412. The summed E-state index contributed by atoms with van der Waals surface area (Å²) in [5.74, 6) is 0.585. The maximum atomic E-state index is 12.4. The molecule has 1 heterocycles. The molecule has 1 atom stereocenters. The van der Waals surface area contributed by atoms with Crippen LogP contribution in [0, 0.1) is 20.8 Å². The van der Waals surface area contributed by atoms with Crippen LogP contribution in [-0.4, -0.2) is 29.4 Å². The van der Waals surface area contributed by atoms with E-state index < -0.39 is 0 Å². The summed E-state index contributed by atoms with van der Waals surface area (Å²) in [4.78, 5) is 19.7. The van der Waals surface area contributed by atoms with Crippen molar-refractivity contribution in [3.63, 3.8) is 0 Å². The van der Waals surface area contributed by atoms with Gasteiger partial charge in [0.25, 0.3) is 5.91 Å². The van der Waals surface area contributed by atoms with E-state index in [2.05, 4.69) is 4.98 Å². The lowest BCUT2D eigenvalue weighted by Crippen LogP contribution is -2.34. The molecular formula is C17H21ClN2O2S. The number of likely N-dealkylation sites (N-methyl/N-ethyl adjacent to an activating group) is 1. The monoisotopic (exact) mass is 352 g/mol. The first-order valence-electron chi connectivity index (χ1n) is 7.38. The topological polar surface area (TPSA) is 42.4 Å². The highest BCUT2D eigenvalue weighted by molar-refractivity contribution is 7.11. The number of hydrogen-bond acceptors (Lipinski definition) is 4. The summed E-state index contributed by atoms with van der Waals surface area (Å²) in [5.41, 5.74) is 1.86. The average molecular weight is 353 g/mol. The van der Waals surface area contributed by atoms with Crippen LogP contribution >= 0.6 is 22.9 Å². The van der Waals surface area contributed by atoms with Crippen molar-refractivity contribution in [1.82, 2.24) is 9.88 Å². The summed E-state index contributed by atoms with van der Waals surface area (Å²) < 4.78 is 5.63. The van der Waals surface area contributed by atoms with Crippen LogP contribution in [0.3, 0.4) is 0 Å². The molecule has 2 rings (SSSR count). The van der Waals surface area contributed by atoms with Gasteiger partial charge in [0.2, 0.25) is 0 Å².